The van der Waals surface area contributed by atoms with Gasteiger partial charge >= 0.3 is 0 Å². The molecule has 0 aliphatic carbocycles. The maximum atomic E-state index is 11.0. The number of halogens is 1. The molecule has 0 aromatic rings. The van der Waals surface area contributed by atoms with Crippen molar-refractivity contribution in [2.75, 3.05) is 17.4 Å². The molecule has 2 nitrogen and oxygen atoms in total. The Bertz CT molecular complexity index is 256. The molecule has 0 spiro atoms. The average Bonchev–Trinajstić information content (AvgIpc) is 2.29. The Kier molecular flexibility index (Phi) is 2.60. The summed E-state index contributed by atoms with van der Waals surface area (Å²) < 4.78 is 22.0. The van der Waals surface area contributed by atoms with Crippen molar-refractivity contribution in [1.29, 1.82) is 0 Å². The van der Waals surface area contributed by atoms with Crippen LogP contribution in [-0.4, -0.2) is 25.8 Å². The fourth-order valence-electron chi connectivity index (χ4n) is 1.23. The monoisotopic (exact) mass is 194 g/mol. The average molecular weight is 195 g/mol. The van der Waals surface area contributed by atoms with Crippen molar-refractivity contribution in [3.8, 4) is 0 Å². The molecule has 0 aromatic carbocycles. The summed E-state index contributed by atoms with van der Waals surface area (Å²) >= 11 is 5.53. The van der Waals surface area contributed by atoms with Crippen molar-refractivity contribution in [1.82, 2.24) is 0 Å². The zero-order valence-electron chi connectivity index (χ0n) is 6.22. The Morgan fingerprint density at radius 2 is 2.27 bits per heavy atom. The van der Waals surface area contributed by atoms with E-state index in [0.717, 1.165) is 5.57 Å². The highest BCUT2D eigenvalue weighted by molar-refractivity contribution is 7.91. The van der Waals surface area contributed by atoms with Gasteiger partial charge in [-0.15, -0.1) is 11.6 Å². The lowest BCUT2D eigenvalue weighted by Crippen LogP contribution is -2.07. The second-order valence-corrected chi connectivity index (χ2v) is 5.39. The maximum Gasteiger partial charge on any atom is 0.150 e. The van der Waals surface area contributed by atoms with E-state index < -0.39 is 9.84 Å². The van der Waals surface area contributed by atoms with Gasteiger partial charge in [-0.2, -0.15) is 0 Å². The van der Waals surface area contributed by atoms with Crippen molar-refractivity contribution in [2.24, 2.45) is 5.92 Å². The first-order chi connectivity index (χ1) is 5.05. The molecule has 1 fully saturated rings. The van der Waals surface area contributed by atoms with Gasteiger partial charge in [-0.1, -0.05) is 12.2 Å². The molecule has 11 heavy (non-hydrogen) atoms. The minimum Gasteiger partial charge on any atom is -0.229 e. The molecule has 0 aromatic heterocycles. The molecule has 1 heterocycles. The molecule has 1 atom stereocenters. The first-order valence-electron chi connectivity index (χ1n) is 3.49. The summed E-state index contributed by atoms with van der Waals surface area (Å²) in [7, 11) is -2.77. The highest BCUT2D eigenvalue weighted by atomic mass is 35.5. The predicted octanol–water partition coefficient (Wildman–Crippen LogP) is 1.22. The molecule has 0 amide bonds. The van der Waals surface area contributed by atoms with Crippen LogP contribution in [0, 0.1) is 5.92 Å². The lowest BCUT2D eigenvalue weighted by Gasteiger charge is -2.06. The summed E-state index contributed by atoms with van der Waals surface area (Å²) in [5.74, 6) is 1.03. The molecule has 1 saturated heterocycles. The van der Waals surface area contributed by atoms with E-state index in [1.165, 1.54) is 0 Å². The number of alkyl halides is 1. The first kappa shape index (κ1) is 9.07. The van der Waals surface area contributed by atoms with Crippen molar-refractivity contribution in [3.63, 3.8) is 0 Å². The summed E-state index contributed by atoms with van der Waals surface area (Å²) in [4.78, 5) is 0. The molecule has 0 saturated carbocycles. The number of sulfone groups is 1. The van der Waals surface area contributed by atoms with Gasteiger partial charge in [0, 0.05) is 5.88 Å². The third kappa shape index (κ3) is 2.20. The number of hydrogen-bond donors (Lipinski definition) is 0. The van der Waals surface area contributed by atoms with Crippen molar-refractivity contribution in [3.05, 3.63) is 12.2 Å². The second kappa shape index (κ2) is 3.15. The van der Waals surface area contributed by atoms with E-state index in [0.29, 0.717) is 18.1 Å². The summed E-state index contributed by atoms with van der Waals surface area (Å²) in [6.45, 7) is 3.72. The van der Waals surface area contributed by atoms with Crippen LogP contribution in [0.25, 0.3) is 0 Å². The Hall–Kier alpha value is -0.0200. The number of allylic oxidation sites excluding steroid dienone is 1. The van der Waals surface area contributed by atoms with E-state index in [1.807, 2.05) is 0 Å². The normalized spacial score (nSPS) is 28.6. The predicted molar refractivity (Wildman–Crippen MR) is 46.6 cm³/mol. The third-order valence-corrected chi connectivity index (χ3v) is 4.09. The Morgan fingerprint density at radius 1 is 1.64 bits per heavy atom. The smallest absolute Gasteiger partial charge is 0.150 e. The van der Waals surface area contributed by atoms with E-state index in [2.05, 4.69) is 6.58 Å². The standard InChI is InChI=1S/C7H11ClO2S/c1-6(4-8)7-2-3-11(9,10)5-7/h7H,1-5H2. The van der Waals surface area contributed by atoms with Crippen molar-refractivity contribution >= 4 is 21.4 Å². The molecular formula is C7H11ClO2S. The highest BCUT2D eigenvalue weighted by Crippen LogP contribution is 2.24. The summed E-state index contributed by atoms with van der Waals surface area (Å²) in [6, 6.07) is 0. The van der Waals surface area contributed by atoms with Crippen LogP contribution in [0.3, 0.4) is 0 Å². The van der Waals surface area contributed by atoms with Crippen LogP contribution in [0.2, 0.25) is 0 Å². The second-order valence-electron chi connectivity index (χ2n) is 2.89. The van der Waals surface area contributed by atoms with Crippen molar-refractivity contribution in [2.45, 2.75) is 6.42 Å². The summed E-state index contributed by atoms with van der Waals surface area (Å²) in [5.41, 5.74) is 0.854. The lowest BCUT2D eigenvalue weighted by molar-refractivity contribution is 0.600. The molecule has 1 aliphatic rings. The Morgan fingerprint density at radius 3 is 2.64 bits per heavy atom. The van der Waals surface area contributed by atoms with Gasteiger partial charge in [-0.25, -0.2) is 8.42 Å². The summed E-state index contributed by atoms with van der Waals surface area (Å²) in [6.07, 6.45) is 0.702. The van der Waals surface area contributed by atoms with E-state index in [4.69, 9.17) is 11.6 Å². The molecule has 1 rings (SSSR count). The van der Waals surface area contributed by atoms with Crippen LogP contribution in [0.1, 0.15) is 6.42 Å². The minimum absolute atomic E-state index is 0.109. The van der Waals surface area contributed by atoms with Crippen LogP contribution in [-0.2, 0) is 9.84 Å². The SMILES string of the molecule is C=C(CCl)C1CCS(=O)(=O)C1. The quantitative estimate of drug-likeness (QED) is 0.489. The van der Waals surface area contributed by atoms with E-state index in [-0.39, 0.29) is 11.7 Å². The minimum atomic E-state index is -2.77. The van der Waals surface area contributed by atoms with Crippen LogP contribution >= 0.6 is 11.6 Å². The van der Waals surface area contributed by atoms with Gasteiger partial charge in [-0.3, -0.25) is 0 Å². The van der Waals surface area contributed by atoms with E-state index in [1.54, 1.807) is 0 Å². The molecule has 0 bridgehead atoms. The molecule has 0 radical (unpaired) electrons. The largest absolute Gasteiger partial charge is 0.229 e. The van der Waals surface area contributed by atoms with Gasteiger partial charge in [0.2, 0.25) is 0 Å². The van der Waals surface area contributed by atoms with Gasteiger partial charge in [0.1, 0.15) is 0 Å². The fourth-order valence-corrected chi connectivity index (χ4v) is 3.27. The lowest BCUT2D eigenvalue weighted by atomic mass is 10.0. The van der Waals surface area contributed by atoms with Gasteiger partial charge < -0.3 is 0 Å². The Balaban J connectivity index is 2.62. The molecule has 64 valence electrons. The molecule has 1 unspecified atom stereocenters. The highest BCUT2D eigenvalue weighted by Gasteiger charge is 2.28. The zero-order chi connectivity index (χ0) is 8.48. The molecule has 4 heteroatoms. The van der Waals surface area contributed by atoms with E-state index in [9.17, 15) is 8.42 Å². The van der Waals surface area contributed by atoms with Gasteiger partial charge in [0.15, 0.2) is 9.84 Å². The van der Waals surface area contributed by atoms with Gasteiger partial charge in [0.05, 0.1) is 11.5 Å². The van der Waals surface area contributed by atoms with Gasteiger partial charge in [0.25, 0.3) is 0 Å². The summed E-state index contributed by atoms with van der Waals surface area (Å²) in [5, 5.41) is 0. The number of hydrogen-bond acceptors (Lipinski definition) is 2. The van der Waals surface area contributed by atoms with Gasteiger partial charge in [-0.05, 0) is 12.3 Å². The van der Waals surface area contributed by atoms with Crippen LogP contribution in [0.15, 0.2) is 12.2 Å². The molecular weight excluding hydrogens is 184 g/mol. The van der Waals surface area contributed by atoms with Crippen LogP contribution in [0.4, 0.5) is 0 Å². The Labute approximate surface area is 72.2 Å². The number of rotatable bonds is 2. The molecule has 0 N–H and O–H groups in total. The van der Waals surface area contributed by atoms with Crippen LogP contribution < -0.4 is 0 Å². The fraction of sp³-hybridized carbons (Fsp3) is 0.714. The first-order valence-corrected chi connectivity index (χ1v) is 5.85. The zero-order valence-corrected chi connectivity index (χ0v) is 7.79. The van der Waals surface area contributed by atoms with E-state index >= 15 is 0 Å². The van der Waals surface area contributed by atoms with Crippen LogP contribution in [0.5, 0.6) is 0 Å². The third-order valence-electron chi connectivity index (χ3n) is 1.98. The molecule has 1 aliphatic heterocycles. The maximum absolute atomic E-state index is 11.0. The topological polar surface area (TPSA) is 34.1 Å². The van der Waals surface area contributed by atoms with Crippen molar-refractivity contribution < 1.29 is 8.42 Å².